The van der Waals surface area contributed by atoms with Crippen LogP contribution < -0.4 is 29.7 Å². The average molecular weight is 413 g/mol. The Hall–Kier alpha value is -3.75. The molecule has 0 aromatic heterocycles. The third-order valence-electron chi connectivity index (χ3n) is 4.11. The van der Waals surface area contributed by atoms with Crippen LogP contribution in [0.3, 0.4) is 0 Å². The van der Waals surface area contributed by atoms with E-state index in [-0.39, 0.29) is 19.1 Å². The number of carbonyl (C=O) groups is 2. The molecule has 2 amide bonds. The van der Waals surface area contributed by atoms with Crippen molar-refractivity contribution in [3.05, 3.63) is 48.0 Å². The molecule has 1 aliphatic heterocycles. The van der Waals surface area contributed by atoms with E-state index in [0.717, 1.165) is 0 Å². The van der Waals surface area contributed by atoms with Gasteiger partial charge in [-0.05, 0) is 42.8 Å². The number of likely N-dealkylation sites (N-methyl/N-ethyl adjacent to an activating group) is 1. The van der Waals surface area contributed by atoms with E-state index in [2.05, 4.69) is 15.8 Å². The van der Waals surface area contributed by atoms with E-state index in [1.54, 1.807) is 36.4 Å². The standard InChI is InChI=1S/C21H23N3O6/c1-3-22-20(25)13-29-16-9-8-14(10-18(16)27-2)11-23-24-21(26)19-12-28-15-6-4-5-7-17(15)30-19/h4-11,19H,3,12-13H2,1-2H3,(H,22,25)(H,24,26)/b23-11-/t19-/m0/s1. The summed E-state index contributed by atoms with van der Waals surface area (Å²) < 4.78 is 21.9. The van der Waals surface area contributed by atoms with Gasteiger partial charge in [0.25, 0.3) is 11.8 Å². The lowest BCUT2D eigenvalue weighted by Crippen LogP contribution is -2.42. The third-order valence-corrected chi connectivity index (χ3v) is 4.11. The van der Waals surface area contributed by atoms with Crippen LogP contribution >= 0.6 is 0 Å². The number of nitrogens with one attached hydrogen (secondary N) is 2. The van der Waals surface area contributed by atoms with Crippen LogP contribution in [0.1, 0.15) is 12.5 Å². The summed E-state index contributed by atoms with van der Waals surface area (Å²) in [4.78, 5) is 23.8. The van der Waals surface area contributed by atoms with Gasteiger partial charge < -0.3 is 24.3 Å². The van der Waals surface area contributed by atoms with Crippen molar-refractivity contribution < 1.29 is 28.5 Å². The number of fused-ring (bicyclic) bond motifs is 1. The quantitative estimate of drug-likeness (QED) is 0.502. The first-order valence-electron chi connectivity index (χ1n) is 9.39. The maximum Gasteiger partial charge on any atom is 0.284 e. The molecule has 1 heterocycles. The van der Waals surface area contributed by atoms with E-state index < -0.39 is 12.0 Å². The van der Waals surface area contributed by atoms with Crippen molar-refractivity contribution in [2.24, 2.45) is 5.10 Å². The highest BCUT2D eigenvalue weighted by atomic mass is 16.6. The third kappa shape index (κ3) is 5.40. The van der Waals surface area contributed by atoms with E-state index in [9.17, 15) is 9.59 Å². The normalized spacial score (nSPS) is 14.8. The zero-order chi connectivity index (χ0) is 21.3. The van der Waals surface area contributed by atoms with Gasteiger partial charge in [0.05, 0.1) is 13.3 Å². The number of carbonyl (C=O) groups excluding carboxylic acids is 2. The zero-order valence-corrected chi connectivity index (χ0v) is 16.7. The molecule has 0 spiro atoms. The average Bonchev–Trinajstić information content (AvgIpc) is 2.77. The lowest BCUT2D eigenvalue weighted by molar-refractivity contribution is -0.130. The second-order valence-corrected chi connectivity index (χ2v) is 6.25. The smallest absolute Gasteiger partial charge is 0.284 e. The second kappa shape index (κ2) is 10.1. The predicted molar refractivity (Wildman–Crippen MR) is 109 cm³/mol. The first-order chi connectivity index (χ1) is 14.6. The molecule has 0 bridgehead atoms. The number of para-hydroxylation sites is 2. The number of benzene rings is 2. The lowest BCUT2D eigenvalue weighted by atomic mass is 10.2. The van der Waals surface area contributed by atoms with Crippen molar-refractivity contribution in [1.82, 2.24) is 10.7 Å². The lowest BCUT2D eigenvalue weighted by Gasteiger charge is -2.24. The van der Waals surface area contributed by atoms with Crippen LogP contribution in [-0.2, 0) is 9.59 Å². The summed E-state index contributed by atoms with van der Waals surface area (Å²) in [6.45, 7) is 2.35. The van der Waals surface area contributed by atoms with Crippen LogP contribution in [-0.4, -0.2) is 51.0 Å². The summed E-state index contributed by atoms with van der Waals surface area (Å²) in [5, 5.41) is 6.61. The highest BCUT2D eigenvalue weighted by Crippen LogP contribution is 2.31. The number of ether oxygens (including phenoxy) is 4. The molecule has 9 heteroatoms. The van der Waals surface area contributed by atoms with E-state index in [0.29, 0.717) is 35.1 Å². The molecule has 2 aromatic rings. The number of methoxy groups -OCH3 is 1. The monoisotopic (exact) mass is 413 g/mol. The number of hydrogen-bond acceptors (Lipinski definition) is 7. The van der Waals surface area contributed by atoms with E-state index in [1.165, 1.54) is 13.3 Å². The Kier molecular flexibility index (Phi) is 7.09. The van der Waals surface area contributed by atoms with Gasteiger partial charge in [0.15, 0.2) is 29.6 Å². The number of nitrogens with zero attached hydrogens (tertiary/aromatic N) is 1. The van der Waals surface area contributed by atoms with Gasteiger partial charge >= 0.3 is 0 Å². The van der Waals surface area contributed by atoms with Gasteiger partial charge in [-0.25, -0.2) is 5.43 Å². The van der Waals surface area contributed by atoms with Crippen molar-refractivity contribution in [2.45, 2.75) is 13.0 Å². The molecule has 0 saturated heterocycles. The Balaban J connectivity index is 1.55. The minimum atomic E-state index is -0.795. The Morgan fingerprint density at radius 2 is 2.00 bits per heavy atom. The van der Waals surface area contributed by atoms with E-state index >= 15 is 0 Å². The molecule has 0 saturated carbocycles. The Morgan fingerprint density at radius 1 is 1.20 bits per heavy atom. The van der Waals surface area contributed by atoms with Gasteiger partial charge in [0.1, 0.15) is 6.61 Å². The Morgan fingerprint density at radius 3 is 2.77 bits per heavy atom. The number of hydrogen-bond donors (Lipinski definition) is 2. The molecule has 0 aliphatic carbocycles. The second-order valence-electron chi connectivity index (χ2n) is 6.25. The molecular weight excluding hydrogens is 390 g/mol. The number of hydrazone groups is 1. The van der Waals surface area contributed by atoms with Gasteiger partial charge in [-0.3, -0.25) is 9.59 Å². The van der Waals surface area contributed by atoms with Gasteiger partial charge in [0, 0.05) is 6.54 Å². The van der Waals surface area contributed by atoms with Crippen molar-refractivity contribution in [2.75, 3.05) is 26.9 Å². The van der Waals surface area contributed by atoms with Gasteiger partial charge in [-0.1, -0.05) is 12.1 Å². The van der Waals surface area contributed by atoms with Crippen LogP contribution in [0.15, 0.2) is 47.6 Å². The van der Waals surface area contributed by atoms with Crippen LogP contribution in [0, 0.1) is 0 Å². The molecule has 158 valence electrons. The summed E-state index contributed by atoms with van der Waals surface area (Å²) in [7, 11) is 1.50. The molecular formula is C21H23N3O6. The fraction of sp³-hybridized carbons (Fsp3) is 0.286. The van der Waals surface area contributed by atoms with E-state index in [4.69, 9.17) is 18.9 Å². The first-order valence-corrected chi connectivity index (χ1v) is 9.39. The molecule has 1 atom stereocenters. The molecule has 30 heavy (non-hydrogen) atoms. The number of amides is 2. The van der Waals surface area contributed by atoms with Crippen LogP contribution in [0.4, 0.5) is 0 Å². The molecule has 1 aliphatic rings. The SMILES string of the molecule is CCNC(=O)COc1ccc(/C=N\NC(=O)[C@@H]2COc3ccccc3O2)cc1OC. The van der Waals surface area contributed by atoms with Crippen molar-refractivity contribution in [3.63, 3.8) is 0 Å². The van der Waals surface area contributed by atoms with Crippen molar-refractivity contribution >= 4 is 18.0 Å². The fourth-order valence-corrected chi connectivity index (χ4v) is 2.67. The van der Waals surface area contributed by atoms with Crippen LogP contribution in [0.2, 0.25) is 0 Å². The highest BCUT2D eigenvalue weighted by Gasteiger charge is 2.26. The largest absolute Gasteiger partial charge is 0.493 e. The molecule has 0 unspecified atom stereocenters. The maximum absolute atomic E-state index is 12.3. The molecule has 0 fully saturated rings. The summed E-state index contributed by atoms with van der Waals surface area (Å²) in [6, 6.07) is 12.2. The number of rotatable bonds is 8. The summed E-state index contributed by atoms with van der Waals surface area (Å²) >= 11 is 0. The van der Waals surface area contributed by atoms with Crippen LogP contribution in [0.25, 0.3) is 0 Å². The van der Waals surface area contributed by atoms with Crippen molar-refractivity contribution in [1.29, 1.82) is 0 Å². The van der Waals surface area contributed by atoms with Gasteiger partial charge in [-0.15, -0.1) is 0 Å². The zero-order valence-electron chi connectivity index (χ0n) is 16.7. The Bertz CT molecular complexity index is 931. The molecule has 0 radical (unpaired) electrons. The van der Waals surface area contributed by atoms with Crippen LogP contribution in [0.5, 0.6) is 23.0 Å². The summed E-state index contributed by atoms with van der Waals surface area (Å²) in [5.41, 5.74) is 3.11. The molecule has 2 aromatic carbocycles. The van der Waals surface area contributed by atoms with Gasteiger partial charge in [-0.2, -0.15) is 5.10 Å². The molecule has 2 N–H and O–H groups in total. The maximum atomic E-state index is 12.3. The Labute approximate surface area is 174 Å². The topological polar surface area (TPSA) is 107 Å². The summed E-state index contributed by atoms with van der Waals surface area (Å²) in [6.07, 6.45) is 0.669. The molecule has 9 nitrogen and oxygen atoms in total. The summed E-state index contributed by atoms with van der Waals surface area (Å²) in [5.74, 6) is 1.35. The van der Waals surface area contributed by atoms with Crippen molar-refractivity contribution in [3.8, 4) is 23.0 Å². The van der Waals surface area contributed by atoms with E-state index in [1.807, 2.05) is 13.0 Å². The highest BCUT2D eigenvalue weighted by molar-refractivity contribution is 5.85. The minimum absolute atomic E-state index is 0.101. The minimum Gasteiger partial charge on any atom is -0.493 e. The first kappa shape index (κ1) is 21.0. The van der Waals surface area contributed by atoms with Gasteiger partial charge in [0.2, 0.25) is 6.10 Å². The predicted octanol–water partition coefficient (Wildman–Crippen LogP) is 1.50. The fourth-order valence-electron chi connectivity index (χ4n) is 2.67. The molecule has 3 rings (SSSR count).